The normalized spacial score (nSPS) is 12.8. The molecule has 0 aliphatic carbocycles. The van der Waals surface area contributed by atoms with Gasteiger partial charge in [0.15, 0.2) is 0 Å². The van der Waals surface area contributed by atoms with E-state index in [9.17, 15) is 14.4 Å². The molecular weight excluding hydrogens is 412 g/mol. The van der Waals surface area contributed by atoms with Gasteiger partial charge < -0.3 is 5.32 Å². The van der Waals surface area contributed by atoms with E-state index in [1.807, 2.05) is 51.1 Å². The van der Waals surface area contributed by atoms with E-state index in [-0.39, 0.29) is 23.9 Å². The van der Waals surface area contributed by atoms with Crippen LogP contribution in [0.1, 0.15) is 53.3 Å². The van der Waals surface area contributed by atoms with E-state index >= 15 is 0 Å². The maximum Gasteiger partial charge on any atom is 0.266 e. The van der Waals surface area contributed by atoms with Gasteiger partial charge in [0.1, 0.15) is 0 Å². The van der Waals surface area contributed by atoms with Crippen molar-refractivity contribution in [1.82, 2.24) is 5.32 Å². The maximum atomic E-state index is 13.2. The topological polar surface area (TPSA) is 66.5 Å². The first-order chi connectivity index (χ1) is 14.8. The van der Waals surface area contributed by atoms with Crippen molar-refractivity contribution >= 4 is 35.0 Å². The van der Waals surface area contributed by atoms with Gasteiger partial charge in [-0.1, -0.05) is 47.5 Å². The molecule has 0 radical (unpaired) electrons. The van der Waals surface area contributed by atoms with Crippen molar-refractivity contribution in [2.45, 2.75) is 27.3 Å². The quantitative estimate of drug-likeness (QED) is 0.590. The molecular formula is C25H21ClN2O3. The standard InChI is InChI=1S/C25H21ClN2O3/c1-14-10-15(2)22(16(3)11-14)28-24(30)19-9-8-17(12-20(19)25(28)31)23(29)27-13-18-6-4-5-7-21(18)26/h4-12H,13H2,1-3H3,(H,27,29). The van der Waals surface area contributed by atoms with Crippen molar-refractivity contribution < 1.29 is 14.4 Å². The highest BCUT2D eigenvalue weighted by Crippen LogP contribution is 2.34. The lowest BCUT2D eigenvalue weighted by molar-refractivity contribution is 0.0923. The van der Waals surface area contributed by atoms with E-state index in [4.69, 9.17) is 11.6 Å². The summed E-state index contributed by atoms with van der Waals surface area (Å²) in [6.07, 6.45) is 0. The minimum atomic E-state index is -0.421. The minimum absolute atomic E-state index is 0.231. The van der Waals surface area contributed by atoms with E-state index in [2.05, 4.69) is 5.32 Å². The number of rotatable bonds is 4. The van der Waals surface area contributed by atoms with Crippen LogP contribution in [0.15, 0.2) is 54.6 Å². The zero-order valence-corrected chi connectivity index (χ0v) is 18.2. The molecule has 0 aromatic heterocycles. The Morgan fingerprint density at radius 3 is 2.23 bits per heavy atom. The molecule has 1 aliphatic heterocycles. The fourth-order valence-electron chi connectivity index (χ4n) is 4.03. The zero-order valence-electron chi connectivity index (χ0n) is 17.5. The van der Waals surface area contributed by atoms with Crippen LogP contribution in [0, 0.1) is 20.8 Å². The molecule has 0 fully saturated rings. The Bertz CT molecular complexity index is 1230. The van der Waals surface area contributed by atoms with Crippen LogP contribution >= 0.6 is 11.6 Å². The molecule has 3 aromatic carbocycles. The van der Waals surface area contributed by atoms with Crippen LogP contribution in [-0.4, -0.2) is 17.7 Å². The van der Waals surface area contributed by atoms with Gasteiger partial charge >= 0.3 is 0 Å². The van der Waals surface area contributed by atoms with E-state index < -0.39 is 5.91 Å². The first-order valence-electron chi connectivity index (χ1n) is 9.90. The van der Waals surface area contributed by atoms with E-state index in [0.29, 0.717) is 21.8 Å². The van der Waals surface area contributed by atoms with Crippen molar-refractivity contribution in [3.05, 3.63) is 98.6 Å². The van der Waals surface area contributed by atoms with Gasteiger partial charge in [0.05, 0.1) is 16.8 Å². The number of hydrogen-bond donors (Lipinski definition) is 1. The number of hydrogen-bond acceptors (Lipinski definition) is 3. The molecule has 156 valence electrons. The smallest absolute Gasteiger partial charge is 0.266 e. The maximum absolute atomic E-state index is 13.2. The number of imide groups is 1. The first-order valence-corrected chi connectivity index (χ1v) is 10.3. The molecule has 1 aliphatic rings. The van der Waals surface area contributed by atoms with E-state index in [0.717, 1.165) is 22.3 Å². The second kappa shape index (κ2) is 8.00. The van der Waals surface area contributed by atoms with Crippen molar-refractivity contribution in [1.29, 1.82) is 0 Å². The first kappa shape index (κ1) is 20.8. The van der Waals surface area contributed by atoms with Gasteiger partial charge in [0.25, 0.3) is 17.7 Å². The Labute approximate surface area is 185 Å². The Kier molecular flexibility index (Phi) is 5.38. The van der Waals surface area contributed by atoms with Gasteiger partial charge in [-0.25, -0.2) is 4.90 Å². The highest BCUT2D eigenvalue weighted by Gasteiger charge is 2.38. The van der Waals surface area contributed by atoms with Crippen molar-refractivity contribution in [3.8, 4) is 0 Å². The summed E-state index contributed by atoms with van der Waals surface area (Å²) < 4.78 is 0. The third-order valence-electron chi connectivity index (χ3n) is 5.40. The van der Waals surface area contributed by atoms with Crippen LogP contribution in [0.5, 0.6) is 0 Å². The predicted octanol–water partition coefficient (Wildman–Crippen LogP) is 5.00. The average Bonchev–Trinajstić information content (AvgIpc) is 2.97. The fourth-order valence-corrected chi connectivity index (χ4v) is 4.23. The Balaban J connectivity index is 1.61. The van der Waals surface area contributed by atoms with Crippen LogP contribution in [-0.2, 0) is 6.54 Å². The number of halogens is 1. The van der Waals surface area contributed by atoms with Crippen molar-refractivity contribution in [3.63, 3.8) is 0 Å². The van der Waals surface area contributed by atoms with Gasteiger partial charge in [-0.3, -0.25) is 14.4 Å². The third-order valence-corrected chi connectivity index (χ3v) is 5.77. The van der Waals surface area contributed by atoms with Crippen molar-refractivity contribution in [2.24, 2.45) is 0 Å². The van der Waals surface area contributed by atoms with Gasteiger partial charge in [0.2, 0.25) is 0 Å². The second-order valence-corrected chi connectivity index (χ2v) is 8.13. The summed E-state index contributed by atoms with van der Waals surface area (Å²) in [7, 11) is 0. The summed E-state index contributed by atoms with van der Waals surface area (Å²) >= 11 is 6.14. The number of fused-ring (bicyclic) bond motifs is 1. The minimum Gasteiger partial charge on any atom is -0.348 e. The average molecular weight is 433 g/mol. The Hall–Kier alpha value is -3.44. The summed E-state index contributed by atoms with van der Waals surface area (Å²) in [6.45, 7) is 5.99. The molecule has 0 saturated carbocycles. The molecule has 6 heteroatoms. The SMILES string of the molecule is Cc1cc(C)c(N2C(=O)c3ccc(C(=O)NCc4ccccc4Cl)cc3C2=O)c(C)c1. The number of anilines is 1. The van der Waals surface area contributed by atoms with Crippen molar-refractivity contribution in [2.75, 3.05) is 4.90 Å². The molecule has 0 bridgehead atoms. The molecule has 1 heterocycles. The van der Waals surface area contributed by atoms with Crippen LogP contribution in [0.4, 0.5) is 5.69 Å². The molecule has 3 aromatic rings. The van der Waals surface area contributed by atoms with Crippen LogP contribution in [0.3, 0.4) is 0 Å². The molecule has 0 saturated heterocycles. The predicted molar refractivity (Wildman–Crippen MR) is 121 cm³/mol. The fraction of sp³-hybridized carbons (Fsp3) is 0.160. The van der Waals surface area contributed by atoms with E-state index in [1.165, 1.54) is 11.0 Å². The van der Waals surface area contributed by atoms with Gasteiger partial charge in [-0.05, 0) is 61.7 Å². The summed E-state index contributed by atoms with van der Waals surface area (Å²) in [5.74, 6) is -1.14. The number of amides is 3. The number of benzene rings is 3. The third kappa shape index (κ3) is 3.73. The zero-order chi connectivity index (χ0) is 22.3. The lowest BCUT2D eigenvalue weighted by Gasteiger charge is -2.20. The molecule has 0 spiro atoms. The molecule has 5 nitrogen and oxygen atoms in total. The highest BCUT2D eigenvalue weighted by atomic mass is 35.5. The van der Waals surface area contributed by atoms with Crippen LogP contribution in [0.25, 0.3) is 0 Å². The molecule has 1 N–H and O–H groups in total. The number of carbonyl (C=O) groups excluding carboxylic acids is 3. The summed E-state index contributed by atoms with van der Waals surface area (Å²) in [6, 6.07) is 15.7. The molecule has 0 atom stereocenters. The summed E-state index contributed by atoms with van der Waals surface area (Å²) in [4.78, 5) is 40.0. The van der Waals surface area contributed by atoms with Gasteiger partial charge in [-0.15, -0.1) is 0 Å². The number of nitrogens with one attached hydrogen (secondary N) is 1. The lowest BCUT2D eigenvalue weighted by atomic mass is 10.0. The number of carbonyl (C=O) groups is 3. The van der Waals surface area contributed by atoms with E-state index in [1.54, 1.807) is 18.2 Å². The summed E-state index contributed by atoms with van der Waals surface area (Å²) in [5.41, 5.74) is 5.00. The van der Waals surface area contributed by atoms with Gasteiger partial charge in [0, 0.05) is 17.1 Å². The van der Waals surface area contributed by atoms with Gasteiger partial charge in [-0.2, -0.15) is 0 Å². The summed E-state index contributed by atoms with van der Waals surface area (Å²) in [5, 5.41) is 3.37. The van der Waals surface area contributed by atoms with Crippen LogP contribution in [0.2, 0.25) is 5.02 Å². The Morgan fingerprint density at radius 2 is 1.55 bits per heavy atom. The number of aryl methyl sites for hydroxylation is 3. The molecule has 4 rings (SSSR count). The Morgan fingerprint density at radius 1 is 0.903 bits per heavy atom. The lowest BCUT2D eigenvalue weighted by Crippen LogP contribution is -2.30. The second-order valence-electron chi connectivity index (χ2n) is 7.73. The van der Waals surface area contributed by atoms with Crippen LogP contribution < -0.4 is 10.2 Å². The number of nitrogens with zero attached hydrogens (tertiary/aromatic N) is 1. The molecule has 0 unspecified atom stereocenters. The molecule has 31 heavy (non-hydrogen) atoms. The monoisotopic (exact) mass is 432 g/mol. The highest BCUT2D eigenvalue weighted by molar-refractivity contribution is 6.35. The molecule has 3 amide bonds. The largest absolute Gasteiger partial charge is 0.348 e.